The third-order valence-electron chi connectivity index (χ3n) is 4.71. The minimum Gasteiger partial charge on any atom is -0.465 e. The van der Waals surface area contributed by atoms with E-state index in [1.54, 1.807) is 6.92 Å². The molecule has 4 unspecified atom stereocenters. The molecule has 22 heavy (non-hydrogen) atoms. The van der Waals surface area contributed by atoms with E-state index in [2.05, 4.69) is 9.84 Å². The van der Waals surface area contributed by atoms with Gasteiger partial charge >= 0.3 is 12.1 Å². The van der Waals surface area contributed by atoms with Crippen LogP contribution in [0.5, 0.6) is 0 Å². The van der Waals surface area contributed by atoms with Gasteiger partial charge in [-0.2, -0.15) is 18.3 Å². The smallest absolute Gasteiger partial charge is 0.438 e. The van der Waals surface area contributed by atoms with Crippen LogP contribution >= 0.6 is 0 Å². The van der Waals surface area contributed by atoms with Crippen LogP contribution < -0.4 is 0 Å². The van der Waals surface area contributed by atoms with E-state index >= 15 is 0 Å². The molecular formula is C14H21F3N2O3. The summed E-state index contributed by atoms with van der Waals surface area (Å²) < 4.78 is 45.2. The van der Waals surface area contributed by atoms with Crippen LogP contribution in [0.25, 0.3) is 0 Å². The summed E-state index contributed by atoms with van der Waals surface area (Å²) in [5.41, 5.74) is -2.80. The van der Waals surface area contributed by atoms with Gasteiger partial charge in [-0.25, -0.2) is 5.01 Å². The van der Waals surface area contributed by atoms with Crippen LogP contribution in [0.4, 0.5) is 13.2 Å². The van der Waals surface area contributed by atoms with Crippen molar-refractivity contribution in [3.63, 3.8) is 0 Å². The summed E-state index contributed by atoms with van der Waals surface area (Å²) in [7, 11) is 0. The zero-order valence-corrected chi connectivity index (χ0v) is 12.9. The molecule has 126 valence electrons. The molecule has 0 amide bonds. The molecule has 0 saturated heterocycles. The van der Waals surface area contributed by atoms with Gasteiger partial charge in [-0.1, -0.05) is 20.3 Å². The number of halogens is 3. The van der Waals surface area contributed by atoms with Crippen LogP contribution in [0.1, 0.15) is 33.6 Å². The molecule has 0 aromatic carbocycles. The van der Waals surface area contributed by atoms with Crippen molar-refractivity contribution in [2.24, 2.45) is 22.9 Å². The maximum atomic E-state index is 13.5. The molecule has 5 nitrogen and oxygen atoms in total. The van der Waals surface area contributed by atoms with Crippen molar-refractivity contribution in [3.8, 4) is 0 Å². The Bertz CT molecular complexity index is 480. The van der Waals surface area contributed by atoms with Crippen molar-refractivity contribution < 1.29 is 27.8 Å². The third-order valence-corrected chi connectivity index (χ3v) is 4.71. The standard InChI is InChI=1S/C14H21F3N2O3/c1-4-9-6-10-12(8(9)3)18-19(7-11(20)22-5-2)13(10,21)14(15,16)17/h8-10,21H,4-7H2,1-3H3. The lowest BCUT2D eigenvalue weighted by Crippen LogP contribution is -2.60. The van der Waals surface area contributed by atoms with E-state index in [0.717, 1.165) is 6.42 Å². The molecule has 1 heterocycles. The first-order valence-electron chi connectivity index (χ1n) is 7.47. The van der Waals surface area contributed by atoms with E-state index in [-0.39, 0.29) is 24.9 Å². The van der Waals surface area contributed by atoms with Gasteiger partial charge < -0.3 is 9.84 Å². The quantitative estimate of drug-likeness (QED) is 0.806. The van der Waals surface area contributed by atoms with Gasteiger partial charge in [0.15, 0.2) is 0 Å². The fourth-order valence-corrected chi connectivity index (χ4v) is 3.46. The second kappa shape index (κ2) is 5.72. The van der Waals surface area contributed by atoms with Crippen LogP contribution in [0.15, 0.2) is 5.10 Å². The second-order valence-electron chi connectivity index (χ2n) is 5.86. The molecular weight excluding hydrogens is 301 g/mol. The summed E-state index contributed by atoms with van der Waals surface area (Å²) in [4.78, 5) is 11.5. The Kier molecular flexibility index (Phi) is 4.43. The first-order valence-corrected chi connectivity index (χ1v) is 7.47. The molecule has 1 aliphatic heterocycles. The normalized spacial score (nSPS) is 34.6. The van der Waals surface area contributed by atoms with Crippen LogP contribution in [0.2, 0.25) is 0 Å². The summed E-state index contributed by atoms with van der Waals surface area (Å²) in [6.45, 7) is 4.63. The lowest BCUT2D eigenvalue weighted by Gasteiger charge is -2.37. The van der Waals surface area contributed by atoms with Crippen molar-refractivity contribution in [1.29, 1.82) is 0 Å². The Hall–Kier alpha value is -1.31. The number of fused-ring (bicyclic) bond motifs is 1. The molecule has 4 atom stereocenters. The van der Waals surface area contributed by atoms with E-state index < -0.39 is 30.3 Å². The van der Waals surface area contributed by atoms with Crippen LogP contribution in [0, 0.1) is 17.8 Å². The van der Waals surface area contributed by atoms with Gasteiger partial charge in [0.2, 0.25) is 0 Å². The molecule has 0 spiro atoms. The second-order valence-corrected chi connectivity index (χ2v) is 5.86. The predicted molar refractivity (Wildman–Crippen MR) is 72.8 cm³/mol. The van der Waals surface area contributed by atoms with Crippen molar-refractivity contribution >= 4 is 11.7 Å². The Morgan fingerprint density at radius 2 is 2.14 bits per heavy atom. The molecule has 1 aliphatic carbocycles. The maximum absolute atomic E-state index is 13.5. The largest absolute Gasteiger partial charge is 0.465 e. The first kappa shape index (κ1) is 17.1. The van der Waals surface area contributed by atoms with Gasteiger partial charge in [-0.15, -0.1) is 0 Å². The minimum atomic E-state index is -4.90. The number of esters is 1. The molecule has 1 saturated carbocycles. The number of carbonyl (C=O) groups is 1. The molecule has 0 bridgehead atoms. The lowest BCUT2D eigenvalue weighted by atomic mass is 9.91. The molecule has 0 radical (unpaired) electrons. The number of hydrazone groups is 1. The SMILES string of the molecule is CCOC(=O)CN1N=C2C(C)C(CC)CC2C1(O)C(F)(F)F. The summed E-state index contributed by atoms with van der Waals surface area (Å²) in [5.74, 6) is -2.05. The maximum Gasteiger partial charge on any atom is 0.438 e. The predicted octanol–water partition coefficient (Wildman–Crippen LogP) is 2.15. The van der Waals surface area contributed by atoms with Gasteiger partial charge in [0.1, 0.15) is 6.54 Å². The highest BCUT2D eigenvalue weighted by molar-refractivity contribution is 5.93. The number of hydrogen-bond acceptors (Lipinski definition) is 5. The highest BCUT2D eigenvalue weighted by Gasteiger charge is 2.69. The number of ether oxygens (including phenoxy) is 1. The lowest BCUT2D eigenvalue weighted by molar-refractivity contribution is -0.322. The fourth-order valence-electron chi connectivity index (χ4n) is 3.46. The van der Waals surface area contributed by atoms with Crippen LogP contribution in [0.3, 0.4) is 0 Å². The Balaban J connectivity index is 2.34. The van der Waals surface area contributed by atoms with Crippen LogP contribution in [-0.4, -0.2) is 46.8 Å². The fraction of sp³-hybridized carbons (Fsp3) is 0.857. The van der Waals surface area contributed by atoms with E-state index in [4.69, 9.17) is 0 Å². The summed E-state index contributed by atoms with van der Waals surface area (Å²) in [6, 6.07) is 0. The zero-order chi connectivity index (χ0) is 16.7. The molecule has 8 heteroatoms. The Labute approximate surface area is 127 Å². The van der Waals surface area contributed by atoms with Gasteiger partial charge in [0.05, 0.1) is 12.5 Å². The highest BCUT2D eigenvalue weighted by atomic mass is 19.4. The van der Waals surface area contributed by atoms with Crippen molar-refractivity contribution in [1.82, 2.24) is 5.01 Å². The number of nitrogens with zero attached hydrogens (tertiary/aromatic N) is 2. The van der Waals surface area contributed by atoms with E-state index in [1.165, 1.54) is 0 Å². The Morgan fingerprint density at radius 3 is 2.64 bits per heavy atom. The van der Waals surface area contributed by atoms with Gasteiger partial charge in [-0.3, -0.25) is 4.79 Å². The van der Waals surface area contributed by atoms with Crippen molar-refractivity contribution in [3.05, 3.63) is 0 Å². The average molecular weight is 322 g/mol. The average Bonchev–Trinajstić information content (AvgIpc) is 2.87. The summed E-state index contributed by atoms with van der Waals surface area (Å²) in [6.07, 6.45) is -3.97. The van der Waals surface area contributed by atoms with Gasteiger partial charge in [-0.05, 0) is 25.2 Å². The highest BCUT2D eigenvalue weighted by Crippen LogP contribution is 2.52. The van der Waals surface area contributed by atoms with Gasteiger partial charge in [0.25, 0.3) is 5.72 Å². The monoisotopic (exact) mass is 322 g/mol. The van der Waals surface area contributed by atoms with Crippen LogP contribution in [-0.2, 0) is 9.53 Å². The number of alkyl halides is 3. The number of aliphatic hydroxyl groups is 1. The van der Waals surface area contributed by atoms with Crippen molar-refractivity contribution in [2.45, 2.75) is 45.5 Å². The third kappa shape index (κ3) is 2.47. The molecule has 0 aromatic heterocycles. The Morgan fingerprint density at radius 1 is 1.50 bits per heavy atom. The summed E-state index contributed by atoms with van der Waals surface area (Å²) in [5, 5.41) is 14.8. The molecule has 1 N–H and O–H groups in total. The molecule has 2 aliphatic rings. The number of carbonyl (C=O) groups excluding carboxylic acids is 1. The van der Waals surface area contributed by atoms with E-state index in [0.29, 0.717) is 10.7 Å². The first-order chi connectivity index (χ1) is 10.2. The number of hydrogen-bond donors (Lipinski definition) is 1. The molecule has 2 rings (SSSR count). The summed E-state index contributed by atoms with van der Waals surface area (Å²) >= 11 is 0. The number of rotatable bonds is 4. The van der Waals surface area contributed by atoms with E-state index in [9.17, 15) is 23.1 Å². The van der Waals surface area contributed by atoms with Gasteiger partial charge in [0, 0.05) is 5.71 Å². The zero-order valence-electron chi connectivity index (χ0n) is 12.9. The topological polar surface area (TPSA) is 62.1 Å². The van der Waals surface area contributed by atoms with E-state index in [1.807, 2.05) is 13.8 Å². The molecule has 0 aromatic rings. The minimum absolute atomic E-state index is 0.0577. The molecule has 1 fully saturated rings. The van der Waals surface area contributed by atoms with Crippen molar-refractivity contribution in [2.75, 3.05) is 13.2 Å².